The number of aryl methyl sites for hydroxylation is 1. The van der Waals surface area contributed by atoms with Gasteiger partial charge in [0, 0.05) is 11.6 Å². The van der Waals surface area contributed by atoms with E-state index in [2.05, 4.69) is 53.8 Å². The first-order valence-corrected chi connectivity index (χ1v) is 7.78. The lowest BCUT2D eigenvalue weighted by molar-refractivity contribution is 0.330. The van der Waals surface area contributed by atoms with E-state index in [9.17, 15) is 0 Å². The van der Waals surface area contributed by atoms with Crippen molar-refractivity contribution in [3.63, 3.8) is 0 Å². The molecule has 0 aliphatic heterocycles. The quantitative estimate of drug-likeness (QED) is 0.777. The summed E-state index contributed by atoms with van der Waals surface area (Å²) >= 11 is 0. The zero-order valence-electron chi connectivity index (χ0n) is 13.0. The molecule has 2 rings (SSSR count). The van der Waals surface area contributed by atoms with Crippen LogP contribution >= 0.6 is 0 Å². The van der Waals surface area contributed by atoms with Crippen molar-refractivity contribution < 1.29 is 4.74 Å². The van der Waals surface area contributed by atoms with Crippen LogP contribution in [0.2, 0.25) is 0 Å². The number of ether oxygens (including phenoxy) is 1. The molecule has 0 saturated heterocycles. The average molecular weight is 283 g/mol. The topological polar surface area (TPSA) is 21.3 Å². The van der Waals surface area contributed by atoms with Gasteiger partial charge in [0.15, 0.2) is 0 Å². The molecule has 0 spiro atoms. The minimum atomic E-state index is 0.344. The number of nitrogens with one attached hydrogen (secondary N) is 1. The third kappa shape index (κ3) is 4.61. The highest BCUT2D eigenvalue weighted by Crippen LogP contribution is 2.28. The summed E-state index contributed by atoms with van der Waals surface area (Å²) in [5, 5.41) is 3.42. The summed E-state index contributed by atoms with van der Waals surface area (Å²) in [5.41, 5.74) is 2.67. The zero-order chi connectivity index (χ0) is 14.9. The molecular weight excluding hydrogens is 258 g/mol. The van der Waals surface area contributed by atoms with Crippen LogP contribution in [0.5, 0.6) is 5.75 Å². The first-order chi connectivity index (χ1) is 10.3. The van der Waals surface area contributed by atoms with E-state index in [1.807, 2.05) is 20.0 Å². The first kappa shape index (κ1) is 15.6. The van der Waals surface area contributed by atoms with Crippen molar-refractivity contribution in [2.45, 2.75) is 32.2 Å². The SMILES string of the molecule is CCOc1ccccc1C(CCCc1ccccc1)NC. The first-order valence-electron chi connectivity index (χ1n) is 7.78. The highest BCUT2D eigenvalue weighted by Gasteiger charge is 2.13. The van der Waals surface area contributed by atoms with Crippen LogP contribution in [0.1, 0.15) is 36.9 Å². The molecule has 0 bridgehead atoms. The van der Waals surface area contributed by atoms with Gasteiger partial charge in [0.1, 0.15) is 5.75 Å². The molecule has 1 N–H and O–H groups in total. The van der Waals surface area contributed by atoms with E-state index >= 15 is 0 Å². The second-order valence-corrected chi connectivity index (χ2v) is 5.19. The molecule has 0 radical (unpaired) electrons. The fourth-order valence-corrected chi connectivity index (χ4v) is 2.67. The van der Waals surface area contributed by atoms with E-state index in [0.29, 0.717) is 12.6 Å². The highest BCUT2D eigenvalue weighted by atomic mass is 16.5. The normalized spacial score (nSPS) is 12.1. The second kappa shape index (κ2) is 8.48. The maximum atomic E-state index is 5.74. The Hall–Kier alpha value is -1.80. The van der Waals surface area contributed by atoms with Crippen LogP contribution in [-0.4, -0.2) is 13.7 Å². The van der Waals surface area contributed by atoms with Crippen molar-refractivity contribution in [2.24, 2.45) is 0 Å². The van der Waals surface area contributed by atoms with Crippen LogP contribution in [0.25, 0.3) is 0 Å². The van der Waals surface area contributed by atoms with Gasteiger partial charge in [-0.2, -0.15) is 0 Å². The predicted molar refractivity (Wildman–Crippen MR) is 88.8 cm³/mol. The van der Waals surface area contributed by atoms with Gasteiger partial charge in [0.05, 0.1) is 6.61 Å². The minimum absolute atomic E-state index is 0.344. The lowest BCUT2D eigenvalue weighted by atomic mass is 9.98. The van der Waals surface area contributed by atoms with Crippen molar-refractivity contribution in [1.29, 1.82) is 0 Å². The van der Waals surface area contributed by atoms with Gasteiger partial charge in [-0.3, -0.25) is 0 Å². The Balaban J connectivity index is 1.96. The highest BCUT2D eigenvalue weighted by molar-refractivity contribution is 5.36. The molecule has 2 aromatic rings. The smallest absolute Gasteiger partial charge is 0.124 e. The summed E-state index contributed by atoms with van der Waals surface area (Å²) in [5.74, 6) is 0.999. The standard InChI is InChI=1S/C19H25NO/c1-3-21-19-15-8-7-13-17(19)18(20-2)14-9-12-16-10-5-4-6-11-16/h4-8,10-11,13,15,18,20H,3,9,12,14H2,1-2H3. The predicted octanol–water partition coefficient (Wildman–Crippen LogP) is 4.37. The van der Waals surface area contributed by atoms with E-state index in [-0.39, 0.29) is 0 Å². The van der Waals surface area contributed by atoms with Crippen molar-refractivity contribution >= 4 is 0 Å². The molecule has 0 aliphatic carbocycles. The van der Waals surface area contributed by atoms with E-state index in [1.54, 1.807) is 0 Å². The van der Waals surface area contributed by atoms with Crippen molar-refractivity contribution in [1.82, 2.24) is 5.32 Å². The van der Waals surface area contributed by atoms with Crippen molar-refractivity contribution in [3.05, 3.63) is 65.7 Å². The molecule has 112 valence electrons. The molecule has 0 aromatic heterocycles. The maximum Gasteiger partial charge on any atom is 0.124 e. The Kier molecular flexibility index (Phi) is 6.29. The van der Waals surface area contributed by atoms with Gasteiger partial charge in [0.25, 0.3) is 0 Å². The van der Waals surface area contributed by atoms with E-state index < -0.39 is 0 Å². The third-order valence-electron chi connectivity index (χ3n) is 3.74. The monoisotopic (exact) mass is 283 g/mol. The summed E-state index contributed by atoms with van der Waals surface area (Å²) in [7, 11) is 2.02. The van der Waals surface area contributed by atoms with E-state index in [0.717, 1.165) is 25.0 Å². The van der Waals surface area contributed by atoms with Gasteiger partial charge in [0.2, 0.25) is 0 Å². The summed E-state index contributed by atoms with van der Waals surface area (Å²) in [6.45, 7) is 2.73. The molecule has 21 heavy (non-hydrogen) atoms. The van der Waals surface area contributed by atoms with Gasteiger partial charge >= 0.3 is 0 Å². The third-order valence-corrected chi connectivity index (χ3v) is 3.74. The number of hydrogen-bond acceptors (Lipinski definition) is 2. The lowest BCUT2D eigenvalue weighted by Crippen LogP contribution is -2.17. The fraction of sp³-hybridized carbons (Fsp3) is 0.368. The Bertz CT molecular complexity index is 524. The van der Waals surface area contributed by atoms with Crippen LogP contribution < -0.4 is 10.1 Å². The molecule has 0 fully saturated rings. The molecule has 0 amide bonds. The van der Waals surface area contributed by atoms with Crippen molar-refractivity contribution in [2.75, 3.05) is 13.7 Å². The maximum absolute atomic E-state index is 5.74. The Morgan fingerprint density at radius 1 is 1.00 bits per heavy atom. The largest absolute Gasteiger partial charge is 0.494 e. The van der Waals surface area contributed by atoms with Crippen LogP contribution in [0.15, 0.2) is 54.6 Å². The van der Waals surface area contributed by atoms with E-state index in [4.69, 9.17) is 4.74 Å². The van der Waals surface area contributed by atoms with Crippen LogP contribution in [0.4, 0.5) is 0 Å². The molecule has 1 atom stereocenters. The van der Waals surface area contributed by atoms with E-state index in [1.165, 1.54) is 11.1 Å². The molecule has 0 saturated carbocycles. The van der Waals surface area contributed by atoms with Crippen LogP contribution in [0, 0.1) is 0 Å². The number of hydrogen-bond donors (Lipinski definition) is 1. The summed E-state index contributed by atoms with van der Waals surface area (Å²) < 4.78 is 5.74. The second-order valence-electron chi connectivity index (χ2n) is 5.19. The molecule has 0 aliphatic rings. The number of benzene rings is 2. The van der Waals surface area contributed by atoms with Gasteiger partial charge in [-0.15, -0.1) is 0 Å². The molecule has 2 heteroatoms. The number of para-hydroxylation sites is 1. The summed E-state index contributed by atoms with van der Waals surface area (Å²) in [4.78, 5) is 0. The Labute approximate surface area is 128 Å². The van der Waals surface area contributed by atoms with Gasteiger partial charge in [-0.25, -0.2) is 0 Å². The average Bonchev–Trinajstić information content (AvgIpc) is 2.54. The molecule has 2 aromatic carbocycles. The summed E-state index contributed by atoms with van der Waals surface area (Å²) in [6.07, 6.45) is 3.39. The Morgan fingerprint density at radius 2 is 1.71 bits per heavy atom. The Morgan fingerprint density at radius 3 is 2.43 bits per heavy atom. The number of rotatable bonds is 8. The lowest BCUT2D eigenvalue weighted by Gasteiger charge is -2.20. The molecule has 2 nitrogen and oxygen atoms in total. The summed E-state index contributed by atoms with van der Waals surface area (Å²) in [6, 6.07) is 19.4. The van der Waals surface area contributed by atoms with Gasteiger partial charge < -0.3 is 10.1 Å². The van der Waals surface area contributed by atoms with Crippen LogP contribution in [-0.2, 0) is 6.42 Å². The minimum Gasteiger partial charge on any atom is -0.494 e. The molecule has 0 heterocycles. The van der Waals surface area contributed by atoms with Gasteiger partial charge in [-0.1, -0.05) is 48.5 Å². The van der Waals surface area contributed by atoms with Gasteiger partial charge in [-0.05, 0) is 44.9 Å². The molecule has 1 unspecified atom stereocenters. The van der Waals surface area contributed by atoms with Crippen LogP contribution in [0.3, 0.4) is 0 Å². The zero-order valence-corrected chi connectivity index (χ0v) is 13.0. The molecular formula is C19H25NO. The fourth-order valence-electron chi connectivity index (χ4n) is 2.67. The van der Waals surface area contributed by atoms with Crippen molar-refractivity contribution in [3.8, 4) is 5.75 Å².